The number of ether oxygens (including phenoxy) is 1. The standard InChI is InChI=1S/C15H28N4O4S.ClH/c1-13-12-14(2-3-16-13)15(20)17-4-6-18(7-5-17)24(21,22)19-8-10-23-11-9-19;/h13-14,16H,2-12H2,1H3;1H/t13-,14-;/m0./s1. The molecule has 3 saturated heterocycles. The second-order valence-electron chi connectivity index (χ2n) is 6.82. The summed E-state index contributed by atoms with van der Waals surface area (Å²) in [6.45, 7) is 6.44. The maximum atomic E-state index is 12.7. The van der Waals surface area contributed by atoms with E-state index in [1.807, 2.05) is 4.90 Å². The molecule has 0 saturated carbocycles. The first-order chi connectivity index (χ1) is 11.5. The molecule has 8 nitrogen and oxygen atoms in total. The lowest BCUT2D eigenvalue weighted by Gasteiger charge is -2.39. The minimum Gasteiger partial charge on any atom is -0.379 e. The number of hydrogen-bond acceptors (Lipinski definition) is 5. The van der Waals surface area contributed by atoms with Gasteiger partial charge in [-0.2, -0.15) is 17.0 Å². The first-order valence-electron chi connectivity index (χ1n) is 8.83. The molecule has 3 fully saturated rings. The Balaban J connectivity index is 0.00000225. The van der Waals surface area contributed by atoms with Gasteiger partial charge in [-0.25, -0.2) is 0 Å². The molecule has 25 heavy (non-hydrogen) atoms. The van der Waals surface area contributed by atoms with Crippen molar-refractivity contribution in [1.29, 1.82) is 0 Å². The lowest BCUT2D eigenvalue weighted by molar-refractivity contribution is -0.137. The summed E-state index contributed by atoms with van der Waals surface area (Å²) in [5, 5.41) is 3.36. The zero-order chi connectivity index (χ0) is 17.2. The summed E-state index contributed by atoms with van der Waals surface area (Å²) >= 11 is 0. The Kier molecular flexibility index (Phi) is 7.48. The zero-order valence-corrected chi connectivity index (χ0v) is 16.4. The number of amides is 1. The fraction of sp³-hybridized carbons (Fsp3) is 0.933. The van der Waals surface area contributed by atoms with Gasteiger partial charge in [0.1, 0.15) is 0 Å². The van der Waals surface area contributed by atoms with Gasteiger partial charge >= 0.3 is 0 Å². The van der Waals surface area contributed by atoms with Gasteiger partial charge in [0.2, 0.25) is 5.91 Å². The molecule has 0 spiro atoms. The number of halogens is 1. The van der Waals surface area contributed by atoms with Crippen LogP contribution in [0, 0.1) is 5.92 Å². The summed E-state index contributed by atoms with van der Waals surface area (Å²) in [7, 11) is -3.43. The van der Waals surface area contributed by atoms with E-state index in [-0.39, 0.29) is 24.2 Å². The molecule has 0 aromatic rings. The predicted molar refractivity (Wildman–Crippen MR) is 96.9 cm³/mol. The van der Waals surface area contributed by atoms with Gasteiger partial charge in [-0.05, 0) is 26.3 Å². The van der Waals surface area contributed by atoms with E-state index in [1.54, 1.807) is 0 Å². The molecule has 146 valence electrons. The monoisotopic (exact) mass is 396 g/mol. The molecule has 3 aliphatic heterocycles. The zero-order valence-electron chi connectivity index (χ0n) is 14.7. The maximum absolute atomic E-state index is 12.7. The van der Waals surface area contributed by atoms with Crippen LogP contribution in [-0.4, -0.2) is 92.9 Å². The van der Waals surface area contributed by atoms with Crippen LogP contribution in [0.15, 0.2) is 0 Å². The minimum absolute atomic E-state index is 0. The second kappa shape index (κ2) is 8.96. The number of rotatable bonds is 3. The van der Waals surface area contributed by atoms with Crippen molar-refractivity contribution in [3.63, 3.8) is 0 Å². The second-order valence-corrected chi connectivity index (χ2v) is 8.75. The average molecular weight is 397 g/mol. The lowest BCUT2D eigenvalue weighted by atomic mass is 9.92. The van der Waals surface area contributed by atoms with Crippen molar-refractivity contribution >= 4 is 28.5 Å². The summed E-state index contributed by atoms with van der Waals surface area (Å²) in [5.74, 6) is 0.260. The Morgan fingerprint density at radius 1 is 1.04 bits per heavy atom. The Morgan fingerprint density at radius 2 is 1.64 bits per heavy atom. The molecule has 3 aliphatic rings. The van der Waals surface area contributed by atoms with Crippen LogP contribution in [0.5, 0.6) is 0 Å². The van der Waals surface area contributed by atoms with E-state index >= 15 is 0 Å². The van der Waals surface area contributed by atoms with Crippen LogP contribution in [0.3, 0.4) is 0 Å². The summed E-state index contributed by atoms with van der Waals surface area (Å²) in [4.78, 5) is 14.5. The van der Waals surface area contributed by atoms with Crippen molar-refractivity contribution in [2.75, 3.05) is 59.0 Å². The SMILES string of the molecule is C[C@H]1C[C@@H](C(=O)N2CCN(S(=O)(=O)N3CCOCC3)CC2)CCN1.Cl. The molecule has 1 N–H and O–H groups in total. The van der Waals surface area contributed by atoms with Crippen molar-refractivity contribution in [2.24, 2.45) is 5.92 Å². The molecule has 0 unspecified atom stereocenters. The van der Waals surface area contributed by atoms with Crippen molar-refractivity contribution in [2.45, 2.75) is 25.8 Å². The molecule has 0 aromatic carbocycles. The summed E-state index contributed by atoms with van der Waals surface area (Å²) < 4.78 is 33.5. The van der Waals surface area contributed by atoms with Gasteiger partial charge in [0, 0.05) is 51.2 Å². The van der Waals surface area contributed by atoms with Crippen LogP contribution >= 0.6 is 12.4 Å². The fourth-order valence-corrected chi connectivity index (χ4v) is 5.26. The molecular formula is C15H29ClN4O4S. The van der Waals surface area contributed by atoms with E-state index < -0.39 is 10.2 Å². The summed E-state index contributed by atoms with van der Waals surface area (Å²) in [6.07, 6.45) is 1.74. The number of nitrogens with one attached hydrogen (secondary N) is 1. The number of piperidine rings is 1. The lowest BCUT2D eigenvalue weighted by Crippen LogP contribution is -2.57. The third kappa shape index (κ3) is 4.84. The van der Waals surface area contributed by atoms with Crippen LogP contribution in [0.1, 0.15) is 19.8 Å². The third-order valence-electron chi connectivity index (χ3n) is 5.15. The highest BCUT2D eigenvalue weighted by Crippen LogP contribution is 2.21. The van der Waals surface area contributed by atoms with Crippen LogP contribution in [0.2, 0.25) is 0 Å². The molecular weight excluding hydrogens is 368 g/mol. The molecule has 0 aliphatic carbocycles. The summed E-state index contributed by atoms with van der Waals surface area (Å²) in [6, 6.07) is 0.371. The molecule has 0 bridgehead atoms. The van der Waals surface area contributed by atoms with Crippen molar-refractivity contribution in [1.82, 2.24) is 18.8 Å². The van der Waals surface area contributed by atoms with Crippen LogP contribution in [0.25, 0.3) is 0 Å². The van der Waals surface area contributed by atoms with Gasteiger partial charge in [-0.3, -0.25) is 4.79 Å². The van der Waals surface area contributed by atoms with E-state index in [0.717, 1.165) is 19.4 Å². The number of morpholine rings is 1. The molecule has 3 heterocycles. The predicted octanol–water partition coefficient (Wildman–Crippen LogP) is -0.482. The fourth-order valence-electron chi connectivity index (χ4n) is 3.69. The topological polar surface area (TPSA) is 82.2 Å². The van der Waals surface area contributed by atoms with Gasteiger partial charge in [0.15, 0.2) is 0 Å². The smallest absolute Gasteiger partial charge is 0.282 e. The summed E-state index contributed by atoms with van der Waals surface area (Å²) in [5.41, 5.74) is 0. The Labute approximate surface area is 156 Å². The van der Waals surface area contributed by atoms with Crippen molar-refractivity contribution in [3.8, 4) is 0 Å². The van der Waals surface area contributed by atoms with E-state index in [9.17, 15) is 13.2 Å². The van der Waals surface area contributed by atoms with Gasteiger partial charge in [-0.1, -0.05) is 0 Å². The van der Waals surface area contributed by atoms with Gasteiger partial charge in [-0.15, -0.1) is 12.4 Å². The Bertz CT molecular complexity index is 548. The van der Waals surface area contributed by atoms with E-state index in [2.05, 4.69) is 12.2 Å². The number of piperazine rings is 1. The van der Waals surface area contributed by atoms with Crippen molar-refractivity contribution < 1.29 is 17.9 Å². The van der Waals surface area contributed by atoms with Gasteiger partial charge < -0.3 is 15.0 Å². The Morgan fingerprint density at radius 3 is 2.24 bits per heavy atom. The molecule has 1 amide bonds. The minimum atomic E-state index is -3.43. The normalized spacial score (nSPS) is 29.9. The van der Waals surface area contributed by atoms with Gasteiger partial charge in [0.25, 0.3) is 10.2 Å². The first kappa shape index (κ1) is 20.9. The maximum Gasteiger partial charge on any atom is 0.282 e. The molecule has 0 aromatic heterocycles. The molecule has 3 rings (SSSR count). The van der Waals surface area contributed by atoms with Crippen LogP contribution < -0.4 is 5.32 Å². The number of hydrogen-bond donors (Lipinski definition) is 1. The van der Waals surface area contributed by atoms with E-state index in [0.29, 0.717) is 58.5 Å². The number of carbonyl (C=O) groups excluding carboxylic acids is 1. The Hall–Kier alpha value is -0.450. The van der Waals surface area contributed by atoms with Crippen LogP contribution in [0.4, 0.5) is 0 Å². The van der Waals surface area contributed by atoms with Crippen molar-refractivity contribution in [3.05, 3.63) is 0 Å². The van der Waals surface area contributed by atoms with Gasteiger partial charge in [0.05, 0.1) is 13.2 Å². The quantitative estimate of drug-likeness (QED) is 0.696. The van der Waals surface area contributed by atoms with E-state index in [4.69, 9.17) is 4.74 Å². The molecule has 10 heteroatoms. The highest BCUT2D eigenvalue weighted by atomic mass is 35.5. The van der Waals surface area contributed by atoms with Crippen LogP contribution in [-0.2, 0) is 19.7 Å². The number of carbonyl (C=O) groups is 1. The largest absolute Gasteiger partial charge is 0.379 e. The van der Waals surface area contributed by atoms with E-state index in [1.165, 1.54) is 8.61 Å². The average Bonchev–Trinajstić information content (AvgIpc) is 2.62. The first-order valence-corrected chi connectivity index (χ1v) is 10.2. The highest BCUT2D eigenvalue weighted by Gasteiger charge is 2.36. The highest BCUT2D eigenvalue weighted by molar-refractivity contribution is 7.86. The third-order valence-corrected chi connectivity index (χ3v) is 7.18. The molecule has 0 radical (unpaired) electrons. The molecule has 2 atom stereocenters. The number of nitrogens with zero attached hydrogens (tertiary/aromatic N) is 3.